The first-order valence-electron chi connectivity index (χ1n) is 6.61. The fourth-order valence-corrected chi connectivity index (χ4v) is 2.51. The predicted octanol–water partition coefficient (Wildman–Crippen LogP) is 2.14. The summed E-state index contributed by atoms with van der Waals surface area (Å²) in [5, 5.41) is 8.92. The largest absolute Gasteiger partial charge is 0.481 e. The normalized spacial score (nSPS) is 19.9. The first-order valence-corrected chi connectivity index (χ1v) is 6.61. The van der Waals surface area contributed by atoms with Crippen molar-refractivity contribution in [2.24, 2.45) is 11.8 Å². The number of carbonyl (C=O) groups excluding carboxylic acids is 1. The molecule has 0 spiro atoms. The second-order valence-electron chi connectivity index (χ2n) is 4.88. The molecule has 0 saturated carbocycles. The molecule has 4 heteroatoms. The number of carboxylic acid groups (broad SMARTS) is 1. The summed E-state index contributed by atoms with van der Waals surface area (Å²) >= 11 is 0. The maximum atomic E-state index is 12.2. The van der Waals surface area contributed by atoms with Crippen LogP contribution in [-0.4, -0.2) is 35.0 Å². The van der Waals surface area contributed by atoms with Crippen LogP contribution in [0.1, 0.15) is 46.0 Å². The lowest BCUT2D eigenvalue weighted by Crippen LogP contribution is -2.35. The van der Waals surface area contributed by atoms with E-state index in [1.807, 2.05) is 0 Å². The Labute approximate surface area is 103 Å². The molecule has 1 rings (SSSR count). The minimum absolute atomic E-state index is 0.0949. The van der Waals surface area contributed by atoms with Crippen LogP contribution in [0.5, 0.6) is 0 Å². The van der Waals surface area contributed by atoms with E-state index in [0.717, 1.165) is 25.7 Å². The standard InChI is InChI=1S/C13H23NO3/c1-3-5-10(6-4-2)12(15)14-8-7-11(9-14)13(16)17/h10-11H,3-9H2,1-2H3,(H,16,17)/t11-/m0/s1. The van der Waals surface area contributed by atoms with Gasteiger partial charge in [0.25, 0.3) is 0 Å². The summed E-state index contributed by atoms with van der Waals surface area (Å²) in [6, 6.07) is 0. The van der Waals surface area contributed by atoms with Crippen molar-refractivity contribution in [3.8, 4) is 0 Å². The number of carbonyl (C=O) groups is 2. The Balaban J connectivity index is 2.54. The number of carboxylic acids is 1. The summed E-state index contributed by atoms with van der Waals surface area (Å²) in [6.07, 6.45) is 4.45. The summed E-state index contributed by atoms with van der Waals surface area (Å²) in [4.78, 5) is 24.8. The number of hydrogen-bond acceptors (Lipinski definition) is 2. The Morgan fingerprint density at radius 3 is 2.29 bits per heavy atom. The zero-order valence-corrected chi connectivity index (χ0v) is 10.8. The van der Waals surface area contributed by atoms with Crippen LogP contribution >= 0.6 is 0 Å². The lowest BCUT2D eigenvalue weighted by atomic mass is 9.97. The average molecular weight is 241 g/mol. The molecule has 1 N–H and O–H groups in total. The van der Waals surface area contributed by atoms with E-state index in [-0.39, 0.29) is 17.7 Å². The van der Waals surface area contributed by atoms with Gasteiger partial charge in [0.1, 0.15) is 0 Å². The molecule has 1 saturated heterocycles. The quantitative estimate of drug-likeness (QED) is 0.775. The molecule has 1 amide bonds. The van der Waals surface area contributed by atoms with E-state index in [2.05, 4.69) is 13.8 Å². The first-order chi connectivity index (χ1) is 8.10. The summed E-state index contributed by atoms with van der Waals surface area (Å²) in [6.45, 7) is 5.18. The van der Waals surface area contributed by atoms with Crippen LogP contribution in [0.25, 0.3) is 0 Å². The third-order valence-corrected chi connectivity index (χ3v) is 3.47. The van der Waals surface area contributed by atoms with E-state index in [0.29, 0.717) is 19.5 Å². The molecule has 0 unspecified atom stereocenters. The maximum absolute atomic E-state index is 12.2. The third kappa shape index (κ3) is 3.72. The van der Waals surface area contributed by atoms with Crippen LogP contribution in [0.2, 0.25) is 0 Å². The van der Waals surface area contributed by atoms with Crippen molar-refractivity contribution in [1.82, 2.24) is 4.90 Å². The minimum Gasteiger partial charge on any atom is -0.481 e. The smallest absolute Gasteiger partial charge is 0.308 e. The van der Waals surface area contributed by atoms with Crippen molar-refractivity contribution < 1.29 is 14.7 Å². The van der Waals surface area contributed by atoms with Crippen molar-refractivity contribution in [3.63, 3.8) is 0 Å². The van der Waals surface area contributed by atoms with Gasteiger partial charge in [-0.15, -0.1) is 0 Å². The third-order valence-electron chi connectivity index (χ3n) is 3.47. The van der Waals surface area contributed by atoms with Crippen molar-refractivity contribution in [2.75, 3.05) is 13.1 Å². The molecule has 0 bridgehead atoms. The summed E-state index contributed by atoms with van der Waals surface area (Å²) < 4.78 is 0. The fourth-order valence-electron chi connectivity index (χ4n) is 2.51. The van der Waals surface area contributed by atoms with Crippen LogP contribution in [-0.2, 0) is 9.59 Å². The molecule has 1 aliphatic heterocycles. The van der Waals surface area contributed by atoms with Gasteiger partial charge in [0, 0.05) is 19.0 Å². The monoisotopic (exact) mass is 241 g/mol. The molecule has 1 aliphatic rings. The minimum atomic E-state index is -0.775. The Hall–Kier alpha value is -1.06. The topological polar surface area (TPSA) is 57.6 Å². The number of rotatable bonds is 6. The zero-order chi connectivity index (χ0) is 12.8. The first kappa shape index (κ1) is 14.0. The number of aliphatic carboxylic acids is 1. The molecule has 0 radical (unpaired) electrons. The molecular formula is C13H23NO3. The second-order valence-corrected chi connectivity index (χ2v) is 4.88. The van der Waals surface area contributed by atoms with Crippen LogP contribution in [0, 0.1) is 11.8 Å². The Morgan fingerprint density at radius 2 is 1.88 bits per heavy atom. The number of hydrogen-bond donors (Lipinski definition) is 1. The van der Waals surface area contributed by atoms with E-state index in [1.165, 1.54) is 0 Å². The van der Waals surface area contributed by atoms with E-state index < -0.39 is 5.97 Å². The van der Waals surface area contributed by atoms with Crippen molar-refractivity contribution in [1.29, 1.82) is 0 Å². The van der Waals surface area contributed by atoms with E-state index >= 15 is 0 Å². The van der Waals surface area contributed by atoms with Gasteiger partial charge in [-0.3, -0.25) is 9.59 Å². The molecule has 1 heterocycles. The molecule has 1 atom stereocenters. The van der Waals surface area contributed by atoms with Crippen LogP contribution in [0.15, 0.2) is 0 Å². The Morgan fingerprint density at radius 1 is 1.29 bits per heavy atom. The van der Waals surface area contributed by atoms with E-state index in [4.69, 9.17) is 5.11 Å². The van der Waals surface area contributed by atoms with Crippen molar-refractivity contribution in [2.45, 2.75) is 46.0 Å². The van der Waals surface area contributed by atoms with Gasteiger partial charge in [0.2, 0.25) is 5.91 Å². The van der Waals surface area contributed by atoms with Gasteiger partial charge in [-0.05, 0) is 19.3 Å². The van der Waals surface area contributed by atoms with Crippen LogP contribution in [0.4, 0.5) is 0 Å². The number of nitrogens with zero attached hydrogens (tertiary/aromatic N) is 1. The van der Waals surface area contributed by atoms with Crippen molar-refractivity contribution in [3.05, 3.63) is 0 Å². The maximum Gasteiger partial charge on any atom is 0.308 e. The van der Waals surface area contributed by atoms with Crippen molar-refractivity contribution >= 4 is 11.9 Å². The summed E-state index contributed by atoms with van der Waals surface area (Å²) in [7, 11) is 0. The molecule has 98 valence electrons. The van der Waals surface area contributed by atoms with Gasteiger partial charge in [-0.1, -0.05) is 26.7 Å². The SMILES string of the molecule is CCCC(CCC)C(=O)N1CC[C@H](C(=O)O)C1. The molecule has 4 nitrogen and oxygen atoms in total. The van der Waals surface area contributed by atoms with Gasteiger partial charge in [-0.25, -0.2) is 0 Å². The number of likely N-dealkylation sites (tertiary alicyclic amines) is 1. The molecule has 0 aromatic rings. The van der Waals surface area contributed by atoms with Gasteiger partial charge < -0.3 is 10.0 Å². The van der Waals surface area contributed by atoms with Gasteiger partial charge in [0.05, 0.1) is 5.92 Å². The Bertz CT molecular complexity index is 272. The molecular weight excluding hydrogens is 218 g/mol. The molecule has 1 fully saturated rings. The highest BCUT2D eigenvalue weighted by atomic mass is 16.4. The highest BCUT2D eigenvalue weighted by Gasteiger charge is 2.33. The predicted molar refractivity (Wildman–Crippen MR) is 65.6 cm³/mol. The van der Waals surface area contributed by atoms with E-state index in [1.54, 1.807) is 4.90 Å². The highest BCUT2D eigenvalue weighted by Crippen LogP contribution is 2.22. The number of amides is 1. The zero-order valence-electron chi connectivity index (χ0n) is 10.8. The summed E-state index contributed by atoms with van der Waals surface area (Å²) in [5.41, 5.74) is 0. The van der Waals surface area contributed by atoms with Gasteiger partial charge in [-0.2, -0.15) is 0 Å². The van der Waals surface area contributed by atoms with E-state index in [9.17, 15) is 9.59 Å². The van der Waals surface area contributed by atoms with Gasteiger partial charge >= 0.3 is 5.97 Å². The highest BCUT2D eigenvalue weighted by molar-refractivity contribution is 5.80. The second kappa shape index (κ2) is 6.62. The van der Waals surface area contributed by atoms with Crippen LogP contribution in [0.3, 0.4) is 0 Å². The summed E-state index contributed by atoms with van der Waals surface area (Å²) in [5.74, 6) is -0.874. The molecule has 0 aliphatic carbocycles. The van der Waals surface area contributed by atoms with Gasteiger partial charge in [0.15, 0.2) is 0 Å². The lowest BCUT2D eigenvalue weighted by molar-refractivity contribution is -0.141. The molecule has 0 aromatic heterocycles. The lowest BCUT2D eigenvalue weighted by Gasteiger charge is -2.22. The average Bonchev–Trinajstić information content (AvgIpc) is 2.77. The fraction of sp³-hybridized carbons (Fsp3) is 0.846. The Kier molecular flexibility index (Phi) is 5.45. The van der Waals surface area contributed by atoms with Crippen LogP contribution < -0.4 is 0 Å². The molecule has 17 heavy (non-hydrogen) atoms. The molecule has 0 aromatic carbocycles.